The standard InChI is InChI=1S/C13H24N2O/c14-9-11-5-7-15(8-6-11)10-13(16)12-3-1-2-4-12/h11-12H,1-10,14H2. The highest BCUT2D eigenvalue weighted by Gasteiger charge is 2.26. The van der Waals surface area contributed by atoms with Gasteiger partial charge in [-0.3, -0.25) is 9.69 Å². The van der Waals surface area contributed by atoms with Crippen LogP contribution in [0.5, 0.6) is 0 Å². The zero-order valence-electron chi connectivity index (χ0n) is 10.2. The summed E-state index contributed by atoms with van der Waals surface area (Å²) in [6.07, 6.45) is 7.14. The van der Waals surface area contributed by atoms with E-state index >= 15 is 0 Å². The molecule has 2 fully saturated rings. The van der Waals surface area contributed by atoms with Crippen LogP contribution in [-0.4, -0.2) is 36.9 Å². The van der Waals surface area contributed by atoms with Crippen molar-refractivity contribution < 1.29 is 4.79 Å². The molecule has 0 spiro atoms. The lowest BCUT2D eigenvalue weighted by atomic mass is 9.96. The van der Waals surface area contributed by atoms with Crippen molar-refractivity contribution in [3.63, 3.8) is 0 Å². The number of hydrogen-bond acceptors (Lipinski definition) is 3. The average Bonchev–Trinajstić information content (AvgIpc) is 2.83. The summed E-state index contributed by atoms with van der Waals surface area (Å²) in [6.45, 7) is 3.65. The Bertz CT molecular complexity index is 228. The molecule has 0 amide bonds. The van der Waals surface area contributed by atoms with E-state index in [0.29, 0.717) is 24.2 Å². The lowest BCUT2D eigenvalue weighted by molar-refractivity contribution is -0.124. The van der Waals surface area contributed by atoms with Crippen LogP contribution in [-0.2, 0) is 4.79 Å². The second kappa shape index (κ2) is 5.78. The normalized spacial score (nSPS) is 25.1. The number of nitrogens with zero attached hydrogens (tertiary/aromatic N) is 1. The van der Waals surface area contributed by atoms with E-state index in [1.54, 1.807) is 0 Å². The monoisotopic (exact) mass is 224 g/mol. The first kappa shape index (κ1) is 12.1. The summed E-state index contributed by atoms with van der Waals surface area (Å²) in [6, 6.07) is 0. The van der Waals surface area contributed by atoms with Gasteiger partial charge in [-0.05, 0) is 51.2 Å². The summed E-state index contributed by atoms with van der Waals surface area (Å²) in [7, 11) is 0. The van der Waals surface area contributed by atoms with Gasteiger partial charge in [0.05, 0.1) is 6.54 Å². The van der Waals surface area contributed by atoms with Crippen LogP contribution in [0.1, 0.15) is 38.5 Å². The van der Waals surface area contributed by atoms with Gasteiger partial charge in [0.15, 0.2) is 0 Å². The van der Waals surface area contributed by atoms with E-state index < -0.39 is 0 Å². The second-order valence-electron chi connectivity index (χ2n) is 5.40. The molecule has 0 unspecified atom stereocenters. The molecule has 2 aliphatic rings. The lowest BCUT2D eigenvalue weighted by Gasteiger charge is -2.31. The molecule has 0 aromatic rings. The first-order chi connectivity index (χ1) is 7.79. The minimum Gasteiger partial charge on any atom is -0.330 e. The molecule has 3 heteroatoms. The van der Waals surface area contributed by atoms with Gasteiger partial charge in [0.25, 0.3) is 0 Å². The van der Waals surface area contributed by atoms with Gasteiger partial charge in [-0.15, -0.1) is 0 Å². The number of carbonyl (C=O) groups is 1. The molecule has 0 bridgehead atoms. The molecule has 1 saturated carbocycles. The molecule has 1 aliphatic carbocycles. The number of ketones is 1. The molecule has 92 valence electrons. The minimum absolute atomic E-state index is 0.382. The van der Waals surface area contributed by atoms with Crippen LogP contribution >= 0.6 is 0 Å². The molecule has 1 saturated heterocycles. The Balaban J connectivity index is 1.71. The fourth-order valence-electron chi connectivity index (χ4n) is 2.98. The average molecular weight is 224 g/mol. The lowest BCUT2D eigenvalue weighted by Crippen LogP contribution is -2.40. The summed E-state index contributed by atoms with van der Waals surface area (Å²) < 4.78 is 0. The van der Waals surface area contributed by atoms with E-state index in [2.05, 4.69) is 4.90 Å². The van der Waals surface area contributed by atoms with Crippen LogP contribution in [0, 0.1) is 11.8 Å². The highest BCUT2D eigenvalue weighted by Crippen LogP contribution is 2.26. The maximum Gasteiger partial charge on any atom is 0.149 e. The summed E-state index contributed by atoms with van der Waals surface area (Å²) in [5, 5.41) is 0. The van der Waals surface area contributed by atoms with Gasteiger partial charge < -0.3 is 5.73 Å². The van der Waals surface area contributed by atoms with Crippen LogP contribution in [0.4, 0.5) is 0 Å². The van der Waals surface area contributed by atoms with Gasteiger partial charge in [-0.1, -0.05) is 12.8 Å². The van der Waals surface area contributed by atoms with Crippen LogP contribution in [0.2, 0.25) is 0 Å². The molecule has 1 aliphatic heterocycles. The van der Waals surface area contributed by atoms with Crippen LogP contribution in [0.15, 0.2) is 0 Å². The molecule has 2 N–H and O–H groups in total. The van der Waals surface area contributed by atoms with E-state index in [1.807, 2.05) is 0 Å². The molecule has 0 aromatic carbocycles. The second-order valence-corrected chi connectivity index (χ2v) is 5.40. The van der Waals surface area contributed by atoms with Crippen molar-refractivity contribution >= 4 is 5.78 Å². The fraction of sp³-hybridized carbons (Fsp3) is 0.923. The number of hydrogen-bond donors (Lipinski definition) is 1. The van der Waals surface area contributed by atoms with E-state index in [9.17, 15) is 4.79 Å². The van der Waals surface area contributed by atoms with Gasteiger partial charge in [-0.2, -0.15) is 0 Å². The minimum atomic E-state index is 0.382. The Kier molecular flexibility index (Phi) is 4.36. The molecule has 0 aromatic heterocycles. The molecule has 2 rings (SSSR count). The predicted molar refractivity (Wildman–Crippen MR) is 65.2 cm³/mol. The van der Waals surface area contributed by atoms with Crippen molar-refractivity contribution in [1.82, 2.24) is 4.90 Å². The quantitative estimate of drug-likeness (QED) is 0.785. The number of piperidine rings is 1. The van der Waals surface area contributed by atoms with Crippen LogP contribution in [0.3, 0.4) is 0 Å². The predicted octanol–water partition coefficient (Wildman–Crippen LogP) is 1.42. The summed E-state index contributed by atoms with van der Waals surface area (Å²) >= 11 is 0. The third kappa shape index (κ3) is 3.05. The maximum absolute atomic E-state index is 12.0. The number of likely N-dealkylation sites (tertiary alicyclic amines) is 1. The SMILES string of the molecule is NCC1CCN(CC(=O)C2CCCC2)CC1. The fourth-order valence-corrected chi connectivity index (χ4v) is 2.98. The smallest absolute Gasteiger partial charge is 0.149 e. The van der Waals surface area contributed by atoms with E-state index in [1.165, 1.54) is 25.7 Å². The van der Waals surface area contributed by atoms with Crippen LogP contribution in [0.25, 0.3) is 0 Å². The number of carbonyl (C=O) groups excluding carboxylic acids is 1. The van der Waals surface area contributed by atoms with Crippen molar-refractivity contribution in [2.75, 3.05) is 26.2 Å². The third-order valence-electron chi connectivity index (χ3n) is 4.23. The highest BCUT2D eigenvalue weighted by atomic mass is 16.1. The van der Waals surface area contributed by atoms with Crippen molar-refractivity contribution in [2.24, 2.45) is 17.6 Å². The Morgan fingerprint density at radius 3 is 2.31 bits per heavy atom. The van der Waals surface area contributed by atoms with E-state index in [-0.39, 0.29) is 0 Å². The Labute approximate surface area is 98.4 Å². The number of Topliss-reactive ketones (excluding diaryl/α,β-unsaturated/α-hetero) is 1. The van der Waals surface area contributed by atoms with Gasteiger partial charge in [0, 0.05) is 5.92 Å². The van der Waals surface area contributed by atoms with E-state index in [0.717, 1.165) is 32.5 Å². The maximum atomic E-state index is 12.0. The first-order valence-corrected chi connectivity index (χ1v) is 6.74. The Morgan fingerprint density at radius 2 is 1.75 bits per heavy atom. The Hall–Kier alpha value is -0.410. The van der Waals surface area contributed by atoms with Crippen molar-refractivity contribution in [3.05, 3.63) is 0 Å². The largest absolute Gasteiger partial charge is 0.330 e. The summed E-state index contributed by atoms with van der Waals surface area (Å²) in [5.74, 6) is 1.56. The van der Waals surface area contributed by atoms with Crippen molar-refractivity contribution in [2.45, 2.75) is 38.5 Å². The third-order valence-corrected chi connectivity index (χ3v) is 4.23. The molecule has 0 atom stereocenters. The first-order valence-electron chi connectivity index (χ1n) is 6.74. The molecule has 0 radical (unpaired) electrons. The van der Waals surface area contributed by atoms with Gasteiger partial charge in [0.2, 0.25) is 0 Å². The van der Waals surface area contributed by atoms with E-state index in [4.69, 9.17) is 5.73 Å². The molecular formula is C13H24N2O. The van der Waals surface area contributed by atoms with Gasteiger partial charge in [0.1, 0.15) is 5.78 Å². The number of rotatable bonds is 4. The molecule has 3 nitrogen and oxygen atoms in total. The number of nitrogens with two attached hydrogens (primary N) is 1. The van der Waals surface area contributed by atoms with Crippen molar-refractivity contribution in [3.8, 4) is 0 Å². The molecular weight excluding hydrogens is 200 g/mol. The van der Waals surface area contributed by atoms with Crippen LogP contribution < -0.4 is 5.73 Å². The highest BCUT2D eigenvalue weighted by molar-refractivity contribution is 5.83. The summed E-state index contributed by atoms with van der Waals surface area (Å²) in [5.41, 5.74) is 5.66. The van der Waals surface area contributed by atoms with Gasteiger partial charge >= 0.3 is 0 Å². The van der Waals surface area contributed by atoms with Gasteiger partial charge in [-0.25, -0.2) is 0 Å². The molecule has 1 heterocycles. The zero-order valence-corrected chi connectivity index (χ0v) is 10.2. The summed E-state index contributed by atoms with van der Waals surface area (Å²) in [4.78, 5) is 14.3. The topological polar surface area (TPSA) is 46.3 Å². The van der Waals surface area contributed by atoms with Crippen molar-refractivity contribution in [1.29, 1.82) is 0 Å². The molecule has 16 heavy (non-hydrogen) atoms. The Morgan fingerprint density at radius 1 is 1.12 bits per heavy atom. The zero-order chi connectivity index (χ0) is 11.4.